The third kappa shape index (κ3) is 5.08. The molecular formula is C24H34N2O4. The van der Waals surface area contributed by atoms with Gasteiger partial charge >= 0.3 is 0 Å². The third-order valence-electron chi connectivity index (χ3n) is 6.57. The second-order valence-corrected chi connectivity index (χ2v) is 8.69. The van der Waals surface area contributed by atoms with Crippen LogP contribution in [0.1, 0.15) is 76.7 Å². The Bertz CT molecular complexity index is 734. The zero-order chi connectivity index (χ0) is 20.8. The van der Waals surface area contributed by atoms with Gasteiger partial charge in [0.25, 0.3) is 5.91 Å². The quantitative estimate of drug-likeness (QED) is 0.500. The maximum atomic E-state index is 13.1. The molecule has 2 aliphatic carbocycles. The first-order valence-corrected chi connectivity index (χ1v) is 11.6. The molecule has 0 saturated heterocycles. The van der Waals surface area contributed by atoms with Crippen molar-refractivity contribution in [3.8, 4) is 11.5 Å². The number of hydrogen-bond acceptors (Lipinski definition) is 5. The first kappa shape index (κ1) is 21.0. The Hall–Kier alpha value is -2.24. The minimum atomic E-state index is 0.00882. The van der Waals surface area contributed by atoms with Crippen LogP contribution in [0.3, 0.4) is 0 Å². The molecule has 3 aliphatic rings. The van der Waals surface area contributed by atoms with E-state index in [0.29, 0.717) is 25.3 Å². The number of fused-ring (bicyclic) bond motifs is 1. The van der Waals surface area contributed by atoms with Gasteiger partial charge in [-0.1, -0.05) is 43.7 Å². The van der Waals surface area contributed by atoms with Crippen LogP contribution in [0.25, 0.3) is 0 Å². The molecule has 1 aromatic rings. The Morgan fingerprint density at radius 3 is 2.20 bits per heavy atom. The molecule has 0 aromatic heterocycles. The van der Waals surface area contributed by atoms with Crippen LogP contribution in [0.4, 0.5) is 0 Å². The number of oxime groups is 1. The Morgan fingerprint density at radius 1 is 0.967 bits per heavy atom. The van der Waals surface area contributed by atoms with Crippen LogP contribution >= 0.6 is 0 Å². The summed E-state index contributed by atoms with van der Waals surface area (Å²) in [5.74, 6) is 1.57. The standard InChI is InChI=1S/C24H34N2O4/c1-18(19-12-13-22-23(16-19)29-15-14-28-22)25-30-17-24(27)26(20-8-4-2-5-9-20)21-10-6-3-7-11-21/h12-13,16,20-21H,2-11,14-15,17H2,1H3/b25-18+. The van der Waals surface area contributed by atoms with Crippen molar-refractivity contribution in [1.82, 2.24) is 4.90 Å². The monoisotopic (exact) mass is 414 g/mol. The lowest BCUT2D eigenvalue weighted by atomic mass is 9.88. The summed E-state index contributed by atoms with van der Waals surface area (Å²) in [4.78, 5) is 20.9. The summed E-state index contributed by atoms with van der Waals surface area (Å²) in [5, 5.41) is 4.23. The van der Waals surface area contributed by atoms with Gasteiger partial charge in [-0.3, -0.25) is 4.79 Å². The van der Waals surface area contributed by atoms with E-state index in [9.17, 15) is 4.79 Å². The summed E-state index contributed by atoms with van der Waals surface area (Å²) in [7, 11) is 0. The molecule has 0 atom stereocenters. The zero-order valence-electron chi connectivity index (χ0n) is 18.1. The van der Waals surface area contributed by atoms with Crippen molar-refractivity contribution in [2.75, 3.05) is 19.8 Å². The van der Waals surface area contributed by atoms with E-state index >= 15 is 0 Å². The number of carbonyl (C=O) groups is 1. The van der Waals surface area contributed by atoms with Crippen LogP contribution in [0.5, 0.6) is 11.5 Å². The van der Waals surface area contributed by atoms with Crippen molar-refractivity contribution in [1.29, 1.82) is 0 Å². The van der Waals surface area contributed by atoms with E-state index in [1.165, 1.54) is 38.5 Å². The highest BCUT2D eigenvalue weighted by atomic mass is 16.6. The van der Waals surface area contributed by atoms with Crippen molar-refractivity contribution in [2.24, 2.45) is 5.16 Å². The maximum absolute atomic E-state index is 13.1. The molecule has 30 heavy (non-hydrogen) atoms. The smallest absolute Gasteiger partial charge is 0.263 e. The van der Waals surface area contributed by atoms with Crippen molar-refractivity contribution >= 4 is 11.6 Å². The fraction of sp³-hybridized carbons (Fsp3) is 0.667. The Kier molecular flexibility index (Phi) is 7.13. The Labute approximate surface area is 179 Å². The van der Waals surface area contributed by atoms with Gasteiger partial charge in [0.1, 0.15) is 13.2 Å². The lowest BCUT2D eigenvalue weighted by molar-refractivity contribution is -0.143. The molecule has 1 aromatic carbocycles. The van der Waals surface area contributed by atoms with Gasteiger partial charge in [-0.2, -0.15) is 0 Å². The SMILES string of the molecule is C/C(=N\OCC(=O)N(C1CCCCC1)C1CCCCC1)c1ccc2c(c1)OCCO2. The van der Waals surface area contributed by atoms with Crippen molar-refractivity contribution in [3.63, 3.8) is 0 Å². The molecule has 4 rings (SSSR count). The Balaban J connectivity index is 1.38. The van der Waals surface area contributed by atoms with Gasteiger partial charge in [0.05, 0.1) is 5.71 Å². The van der Waals surface area contributed by atoms with Gasteiger partial charge in [0.15, 0.2) is 18.1 Å². The topological polar surface area (TPSA) is 60.4 Å². The number of carbonyl (C=O) groups excluding carboxylic acids is 1. The van der Waals surface area contributed by atoms with Crippen molar-refractivity contribution in [2.45, 2.75) is 83.2 Å². The van der Waals surface area contributed by atoms with E-state index in [1.807, 2.05) is 25.1 Å². The number of hydrogen-bond donors (Lipinski definition) is 0. The first-order chi connectivity index (χ1) is 14.7. The summed E-state index contributed by atoms with van der Waals surface area (Å²) in [6, 6.07) is 6.49. The van der Waals surface area contributed by atoms with Gasteiger partial charge < -0.3 is 19.2 Å². The molecule has 1 aliphatic heterocycles. The summed E-state index contributed by atoms with van der Waals surface area (Å²) in [6.45, 7) is 3.02. The lowest BCUT2D eigenvalue weighted by Gasteiger charge is -2.41. The van der Waals surface area contributed by atoms with Gasteiger partial charge in [0.2, 0.25) is 0 Å². The normalized spacial score (nSPS) is 20.6. The highest BCUT2D eigenvalue weighted by molar-refractivity contribution is 5.99. The van der Waals surface area contributed by atoms with Gasteiger partial charge in [-0.25, -0.2) is 0 Å². The molecule has 6 nitrogen and oxygen atoms in total. The van der Waals surface area contributed by atoms with Crippen LogP contribution in [0.15, 0.2) is 23.4 Å². The molecule has 0 spiro atoms. The van der Waals surface area contributed by atoms with E-state index < -0.39 is 0 Å². The van der Waals surface area contributed by atoms with Crippen molar-refractivity contribution < 1.29 is 19.1 Å². The molecule has 1 heterocycles. The zero-order valence-corrected chi connectivity index (χ0v) is 18.1. The van der Waals surface area contributed by atoms with E-state index in [0.717, 1.165) is 48.5 Å². The van der Waals surface area contributed by atoms with Gasteiger partial charge in [0, 0.05) is 17.6 Å². The number of benzene rings is 1. The van der Waals surface area contributed by atoms with E-state index in [-0.39, 0.29) is 12.5 Å². The van der Waals surface area contributed by atoms with Crippen LogP contribution in [-0.2, 0) is 9.63 Å². The van der Waals surface area contributed by atoms with Gasteiger partial charge in [-0.05, 0) is 50.8 Å². The summed E-state index contributed by atoms with van der Waals surface area (Å²) < 4.78 is 11.2. The second kappa shape index (κ2) is 10.2. The minimum Gasteiger partial charge on any atom is -0.486 e. The third-order valence-corrected chi connectivity index (χ3v) is 6.57. The molecule has 0 unspecified atom stereocenters. The number of amides is 1. The highest BCUT2D eigenvalue weighted by Crippen LogP contribution is 2.32. The molecule has 6 heteroatoms. The molecule has 164 valence electrons. The first-order valence-electron chi connectivity index (χ1n) is 11.6. The summed E-state index contributed by atoms with van der Waals surface area (Å²) in [6.07, 6.45) is 12.0. The predicted molar refractivity (Wildman–Crippen MR) is 116 cm³/mol. The lowest BCUT2D eigenvalue weighted by Crippen LogP contribution is -2.50. The second-order valence-electron chi connectivity index (χ2n) is 8.69. The fourth-order valence-corrected chi connectivity index (χ4v) is 5.00. The summed E-state index contributed by atoms with van der Waals surface area (Å²) >= 11 is 0. The number of nitrogens with zero attached hydrogens (tertiary/aromatic N) is 2. The molecular weight excluding hydrogens is 380 g/mol. The molecule has 2 fully saturated rings. The summed E-state index contributed by atoms with van der Waals surface area (Å²) in [5.41, 5.74) is 1.63. The average Bonchev–Trinajstić information content (AvgIpc) is 2.80. The van der Waals surface area contributed by atoms with E-state index in [2.05, 4.69) is 10.1 Å². The number of ether oxygens (including phenoxy) is 2. The molecule has 0 bridgehead atoms. The van der Waals surface area contributed by atoms with Crippen LogP contribution in [-0.4, -0.2) is 48.4 Å². The predicted octanol–water partition coefficient (Wildman–Crippen LogP) is 4.69. The van der Waals surface area contributed by atoms with Crippen LogP contribution in [0, 0.1) is 0 Å². The highest BCUT2D eigenvalue weighted by Gasteiger charge is 2.32. The molecule has 2 saturated carbocycles. The van der Waals surface area contributed by atoms with E-state index in [4.69, 9.17) is 14.3 Å². The Morgan fingerprint density at radius 2 is 1.57 bits per heavy atom. The van der Waals surface area contributed by atoms with Gasteiger partial charge in [-0.15, -0.1) is 0 Å². The van der Waals surface area contributed by atoms with Crippen LogP contribution < -0.4 is 9.47 Å². The fourth-order valence-electron chi connectivity index (χ4n) is 5.00. The van der Waals surface area contributed by atoms with Crippen molar-refractivity contribution in [3.05, 3.63) is 23.8 Å². The number of rotatable bonds is 6. The molecule has 1 amide bonds. The minimum absolute atomic E-state index is 0.00882. The average molecular weight is 415 g/mol. The molecule has 0 N–H and O–H groups in total. The molecule has 0 radical (unpaired) electrons. The van der Waals surface area contributed by atoms with Crippen LogP contribution in [0.2, 0.25) is 0 Å². The maximum Gasteiger partial charge on any atom is 0.263 e. The van der Waals surface area contributed by atoms with E-state index in [1.54, 1.807) is 0 Å². The largest absolute Gasteiger partial charge is 0.486 e.